The molecule has 0 spiro atoms. The lowest BCUT2D eigenvalue weighted by molar-refractivity contribution is -0.135. The molecule has 2 saturated heterocycles. The fraction of sp³-hybridized carbons (Fsp3) is 0.545. The number of hydrogen-bond acceptors (Lipinski definition) is 4. The lowest BCUT2D eigenvalue weighted by Crippen LogP contribution is -2.44. The number of fused-ring (bicyclic) bond motifs is 1. The second-order valence-corrected chi connectivity index (χ2v) is 9.18. The molecule has 1 N–H and O–H groups in total. The van der Waals surface area contributed by atoms with E-state index in [4.69, 9.17) is 0 Å². The Balaban J connectivity index is 1.39. The van der Waals surface area contributed by atoms with Crippen LogP contribution in [-0.4, -0.2) is 80.7 Å². The summed E-state index contributed by atoms with van der Waals surface area (Å²) in [5, 5.41) is 0. The molecule has 2 aliphatic heterocycles. The Morgan fingerprint density at radius 2 is 1.83 bits per heavy atom. The van der Waals surface area contributed by atoms with Crippen LogP contribution in [0.15, 0.2) is 24.5 Å². The summed E-state index contributed by atoms with van der Waals surface area (Å²) in [6.45, 7) is 8.68. The van der Waals surface area contributed by atoms with Crippen LogP contribution in [-0.2, 0) is 9.59 Å². The third kappa shape index (κ3) is 3.91. The molecule has 3 heterocycles. The molecule has 1 unspecified atom stereocenters. The molecule has 3 amide bonds. The Bertz CT molecular complexity index is 977. The van der Waals surface area contributed by atoms with Gasteiger partial charge in [-0.3, -0.25) is 14.4 Å². The molecule has 1 aromatic heterocycles. The Morgan fingerprint density at radius 3 is 2.57 bits per heavy atom. The van der Waals surface area contributed by atoms with Gasteiger partial charge in [-0.15, -0.1) is 0 Å². The fourth-order valence-electron chi connectivity index (χ4n) is 4.37. The predicted octanol–water partition coefficient (Wildman–Crippen LogP) is 1.88. The van der Waals surface area contributed by atoms with Crippen molar-refractivity contribution in [1.82, 2.24) is 24.7 Å². The molecule has 2 fully saturated rings. The molecular weight excluding hydrogens is 382 g/mol. The second-order valence-electron chi connectivity index (χ2n) is 9.18. The largest absolute Gasteiger partial charge is 0.345 e. The van der Waals surface area contributed by atoms with E-state index in [9.17, 15) is 14.4 Å². The maximum absolute atomic E-state index is 13.1. The zero-order valence-corrected chi connectivity index (χ0v) is 17.9. The van der Waals surface area contributed by atoms with Crippen molar-refractivity contribution >= 4 is 28.8 Å². The first-order valence-electron chi connectivity index (χ1n) is 10.6. The van der Waals surface area contributed by atoms with Gasteiger partial charge in [-0.25, -0.2) is 4.98 Å². The van der Waals surface area contributed by atoms with Crippen molar-refractivity contribution in [2.24, 2.45) is 5.92 Å². The summed E-state index contributed by atoms with van der Waals surface area (Å²) in [7, 11) is 0. The first-order valence-corrected chi connectivity index (χ1v) is 10.6. The molecule has 0 bridgehead atoms. The average molecular weight is 412 g/mol. The molecule has 2 aromatic rings. The second kappa shape index (κ2) is 7.74. The van der Waals surface area contributed by atoms with Crippen molar-refractivity contribution in [3.63, 3.8) is 0 Å². The molecule has 0 radical (unpaired) electrons. The molecule has 8 heteroatoms. The van der Waals surface area contributed by atoms with Crippen LogP contribution >= 0.6 is 0 Å². The Kier molecular flexibility index (Phi) is 5.26. The highest BCUT2D eigenvalue weighted by atomic mass is 16.2. The van der Waals surface area contributed by atoms with Gasteiger partial charge in [-0.2, -0.15) is 0 Å². The van der Waals surface area contributed by atoms with Crippen molar-refractivity contribution < 1.29 is 14.4 Å². The van der Waals surface area contributed by atoms with Gasteiger partial charge in [0.05, 0.1) is 23.3 Å². The normalized spacial score (nSPS) is 20.7. The molecule has 4 rings (SSSR count). The summed E-state index contributed by atoms with van der Waals surface area (Å²) >= 11 is 0. The summed E-state index contributed by atoms with van der Waals surface area (Å²) in [5.74, 6) is -0.248. The first kappa shape index (κ1) is 20.4. The van der Waals surface area contributed by atoms with Crippen molar-refractivity contribution in [2.75, 3.05) is 32.7 Å². The maximum Gasteiger partial charge on any atom is 0.253 e. The van der Waals surface area contributed by atoms with Crippen molar-refractivity contribution in [3.8, 4) is 0 Å². The minimum absolute atomic E-state index is 0.0308. The van der Waals surface area contributed by atoms with E-state index >= 15 is 0 Å². The van der Waals surface area contributed by atoms with Gasteiger partial charge < -0.3 is 19.7 Å². The fourth-order valence-corrected chi connectivity index (χ4v) is 4.37. The number of rotatable bonds is 2. The number of aromatic amines is 1. The number of likely N-dealkylation sites (tertiary alicyclic amines) is 1. The molecule has 30 heavy (non-hydrogen) atoms. The van der Waals surface area contributed by atoms with Gasteiger partial charge in [0.1, 0.15) is 0 Å². The van der Waals surface area contributed by atoms with E-state index in [1.54, 1.807) is 17.3 Å². The Morgan fingerprint density at radius 1 is 1.10 bits per heavy atom. The van der Waals surface area contributed by atoms with Gasteiger partial charge in [-0.05, 0) is 45.4 Å². The van der Waals surface area contributed by atoms with Crippen LogP contribution in [0.3, 0.4) is 0 Å². The van der Waals surface area contributed by atoms with Crippen LogP contribution in [0, 0.1) is 5.92 Å². The smallest absolute Gasteiger partial charge is 0.253 e. The van der Waals surface area contributed by atoms with Gasteiger partial charge in [-0.1, -0.05) is 0 Å². The number of nitrogens with zero attached hydrogens (tertiary/aromatic N) is 4. The Labute approximate surface area is 176 Å². The third-order valence-electron chi connectivity index (χ3n) is 6.05. The monoisotopic (exact) mass is 411 g/mol. The molecular formula is C22H29N5O3. The number of imidazole rings is 1. The van der Waals surface area contributed by atoms with Crippen LogP contribution in [0.1, 0.15) is 44.0 Å². The summed E-state index contributed by atoms with van der Waals surface area (Å²) in [6, 6.07) is 5.46. The van der Waals surface area contributed by atoms with E-state index < -0.39 is 0 Å². The highest BCUT2D eigenvalue weighted by Crippen LogP contribution is 2.27. The predicted molar refractivity (Wildman–Crippen MR) is 113 cm³/mol. The van der Waals surface area contributed by atoms with Gasteiger partial charge in [0, 0.05) is 50.2 Å². The van der Waals surface area contributed by atoms with Crippen molar-refractivity contribution in [1.29, 1.82) is 0 Å². The van der Waals surface area contributed by atoms with Crippen LogP contribution in [0.4, 0.5) is 0 Å². The van der Waals surface area contributed by atoms with Gasteiger partial charge in [0.15, 0.2) is 0 Å². The van der Waals surface area contributed by atoms with Crippen LogP contribution in [0.5, 0.6) is 0 Å². The third-order valence-corrected chi connectivity index (χ3v) is 6.05. The number of hydrogen-bond donors (Lipinski definition) is 1. The lowest BCUT2D eigenvalue weighted by atomic mass is 10.1. The molecule has 0 aliphatic carbocycles. The maximum atomic E-state index is 13.1. The van der Waals surface area contributed by atoms with Crippen LogP contribution in [0.2, 0.25) is 0 Å². The average Bonchev–Trinajstić information content (AvgIpc) is 3.25. The van der Waals surface area contributed by atoms with Gasteiger partial charge >= 0.3 is 0 Å². The number of aromatic nitrogens is 2. The highest BCUT2D eigenvalue weighted by Gasteiger charge is 2.41. The van der Waals surface area contributed by atoms with Crippen LogP contribution in [0.25, 0.3) is 11.0 Å². The number of amides is 3. The minimum atomic E-state index is -0.290. The quantitative estimate of drug-likeness (QED) is 0.817. The molecule has 2 aliphatic rings. The number of carbonyl (C=O) groups is 3. The zero-order valence-electron chi connectivity index (χ0n) is 17.9. The van der Waals surface area contributed by atoms with E-state index in [0.717, 1.165) is 17.5 Å². The standard InChI is InChI=1S/C22H29N5O3/c1-22(2,3)27-13-16(12-19(27)28)21(30)26-8-4-7-25(9-10-26)20(29)15-5-6-17-18(11-15)24-14-23-17/h5-6,11,14,16H,4,7-10,12-13H2,1-3H3,(H,23,24). The van der Waals surface area contributed by atoms with E-state index in [-0.39, 0.29) is 35.6 Å². The van der Waals surface area contributed by atoms with E-state index in [2.05, 4.69) is 9.97 Å². The summed E-state index contributed by atoms with van der Waals surface area (Å²) in [6.07, 6.45) is 2.62. The number of benzene rings is 1. The van der Waals surface area contributed by atoms with Crippen molar-refractivity contribution in [2.45, 2.75) is 39.2 Å². The molecule has 8 nitrogen and oxygen atoms in total. The van der Waals surface area contributed by atoms with E-state index in [1.807, 2.05) is 42.7 Å². The molecule has 160 valence electrons. The van der Waals surface area contributed by atoms with E-state index in [0.29, 0.717) is 38.3 Å². The minimum Gasteiger partial charge on any atom is -0.345 e. The summed E-state index contributed by atoms with van der Waals surface area (Å²) in [4.78, 5) is 51.1. The topological polar surface area (TPSA) is 89.6 Å². The zero-order chi connectivity index (χ0) is 21.5. The number of nitrogens with one attached hydrogen (secondary N) is 1. The van der Waals surface area contributed by atoms with Gasteiger partial charge in [0.2, 0.25) is 11.8 Å². The number of H-pyrrole nitrogens is 1. The lowest BCUT2D eigenvalue weighted by Gasteiger charge is -2.32. The van der Waals surface area contributed by atoms with E-state index in [1.165, 1.54) is 0 Å². The summed E-state index contributed by atoms with van der Waals surface area (Å²) < 4.78 is 0. The molecule has 1 atom stereocenters. The molecule has 1 aromatic carbocycles. The Hall–Kier alpha value is -2.90. The highest BCUT2D eigenvalue weighted by molar-refractivity contribution is 5.97. The first-order chi connectivity index (χ1) is 14.2. The van der Waals surface area contributed by atoms with Crippen molar-refractivity contribution in [3.05, 3.63) is 30.1 Å². The number of carbonyl (C=O) groups excluding carboxylic acids is 3. The summed E-state index contributed by atoms with van der Waals surface area (Å²) in [5.41, 5.74) is 2.01. The van der Waals surface area contributed by atoms with Gasteiger partial charge in [0.25, 0.3) is 5.91 Å². The van der Waals surface area contributed by atoms with Crippen LogP contribution < -0.4 is 0 Å². The SMILES string of the molecule is CC(C)(C)N1CC(C(=O)N2CCCN(C(=O)c3ccc4nc[nH]c4c3)CC2)CC1=O. The molecule has 0 saturated carbocycles.